The van der Waals surface area contributed by atoms with Crippen LogP contribution in [0.15, 0.2) is 60.7 Å². The quantitative estimate of drug-likeness (QED) is 0.428. The highest BCUT2D eigenvalue weighted by Crippen LogP contribution is 2.24. The average Bonchev–Trinajstić information content (AvgIpc) is 3.26. The van der Waals surface area contributed by atoms with Gasteiger partial charge in [-0.3, -0.25) is 0 Å². The van der Waals surface area contributed by atoms with Crippen LogP contribution in [0.25, 0.3) is 17.0 Å². The molecule has 2 aromatic heterocycles. The fourth-order valence-corrected chi connectivity index (χ4v) is 4.44. The van der Waals surface area contributed by atoms with Gasteiger partial charge in [0.25, 0.3) is 0 Å². The molecule has 0 N–H and O–H groups in total. The van der Waals surface area contributed by atoms with Crippen molar-refractivity contribution in [3.63, 3.8) is 0 Å². The summed E-state index contributed by atoms with van der Waals surface area (Å²) in [5, 5.41) is 14.4. The number of rotatable bonds is 6. The zero-order chi connectivity index (χ0) is 22.8. The molecule has 3 heterocycles. The Labute approximate surface area is 199 Å². The van der Waals surface area contributed by atoms with Crippen molar-refractivity contribution in [2.24, 2.45) is 0 Å². The number of benzene rings is 2. The van der Waals surface area contributed by atoms with Crippen molar-refractivity contribution in [3.05, 3.63) is 71.2 Å². The van der Waals surface area contributed by atoms with Crippen LogP contribution in [-0.2, 0) is 6.54 Å². The lowest BCUT2D eigenvalue weighted by atomic mass is 10.1. The topological polar surface area (TPSA) is 52.8 Å². The second kappa shape index (κ2) is 9.37. The first-order valence-corrected chi connectivity index (χ1v) is 11.7. The predicted molar refractivity (Wildman–Crippen MR) is 134 cm³/mol. The molecule has 0 atom stereocenters. The van der Waals surface area contributed by atoms with Crippen molar-refractivity contribution < 1.29 is 0 Å². The molecular formula is C25H28ClN7. The summed E-state index contributed by atoms with van der Waals surface area (Å²) in [6.07, 6.45) is 0. The molecule has 1 saturated heterocycles. The summed E-state index contributed by atoms with van der Waals surface area (Å²) in [4.78, 5) is 7.00. The minimum atomic E-state index is 0.729. The standard InChI is InChI=1S/C25H28ClN7/c1-3-31(18-19-5-4-6-21(26)17-19)24-12-11-23-27-28-25(33(23)29-24)20-7-9-22(10-8-20)32-15-13-30(2)14-16-32/h4-12,17H,3,13-16,18H2,1-2H3. The number of piperazine rings is 1. The van der Waals surface area contributed by atoms with E-state index in [4.69, 9.17) is 16.7 Å². The summed E-state index contributed by atoms with van der Waals surface area (Å²) in [6, 6.07) is 20.5. The third-order valence-corrected chi connectivity index (χ3v) is 6.45. The Hall–Kier alpha value is -3.16. The van der Waals surface area contributed by atoms with Gasteiger partial charge in [-0.05, 0) is 68.1 Å². The molecule has 170 valence electrons. The SMILES string of the molecule is CCN(Cc1cccc(Cl)c1)c1ccc2nnc(-c3ccc(N4CCN(C)CC4)cc3)n2n1. The maximum Gasteiger partial charge on any atom is 0.185 e. The first-order chi connectivity index (χ1) is 16.1. The van der Waals surface area contributed by atoms with E-state index in [1.165, 1.54) is 5.69 Å². The zero-order valence-electron chi connectivity index (χ0n) is 19.0. The van der Waals surface area contributed by atoms with E-state index in [1.54, 1.807) is 0 Å². The van der Waals surface area contributed by atoms with Gasteiger partial charge >= 0.3 is 0 Å². The molecule has 0 amide bonds. The van der Waals surface area contributed by atoms with Crippen molar-refractivity contribution in [3.8, 4) is 11.4 Å². The molecule has 0 aliphatic carbocycles. The molecule has 4 aromatic rings. The molecule has 1 aliphatic heterocycles. The molecule has 0 saturated carbocycles. The minimum Gasteiger partial charge on any atom is -0.369 e. The Morgan fingerprint density at radius 3 is 2.45 bits per heavy atom. The second-order valence-electron chi connectivity index (χ2n) is 8.47. The first kappa shape index (κ1) is 21.7. The molecule has 0 spiro atoms. The Morgan fingerprint density at radius 1 is 0.939 bits per heavy atom. The number of halogens is 1. The Kier molecular flexibility index (Phi) is 6.15. The molecule has 8 heteroatoms. The summed E-state index contributed by atoms with van der Waals surface area (Å²) < 4.78 is 1.83. The van der Waals surface area contributed by atoms with Gasteiger partial charge < -0.3 is 14.7 Å². The third kappa shape index (κ3) is 4.65. The zero-order valence-corrected chi connectivity index (χ0v) is 19.8. The largest absolute Gasteiger partial charge is 0.369 e. The maximum atomic E-state index is 6.18. The third-order valence-electron chi connectivity index (χ3n) is 6.21. The Morgan fingerprint density at radius 2 is 1.73 bits per heavy atom. The Balaban J connectivity index is 1.41. The molecule has 0 bridgehead atoms. The van der Waals surface area contributed by atoms with Crippen LogP contribution in [0, 0.1) is 0 Å². The fourth-order valence-electron chi connectivity index (χ4n) is 4.22. The van der Waals surface area contributed by atoms with Gasteiger partial charge in [0.15, 0.2) is 11.5 Å². The van der Waals surface area contributed by atoms with Gasteiger partial charge in [-0.2, -0.15) is 4.52 Å². The van der Waals surface area contributed by atoms with Gasteiger partial charge in [-0.1, -0.05) is 23.7 Å². The summed E-state index contributed by atoms with van der Waals surface area (Å²) in [5.74, 6) is 1.62. The number of aromatic nitrogens is 4. The first-order valence-electron chi connectivity index (χ1n) is 11.4. The summed E-state index contributed by atoms with van der Waals surface area (Å²) >= 11 is 6.18. The molecule has 1 aliphatic rings. The van der Waals surface area contributed by atoms with E-state index >= 15 is 0 Å². The van der Waals surface area contributed by atoms with Gasteiger partial charge in [0, 0.05) is 55.5 Å². The molecular weight excluding hydrogens is 434 g/mol. The van der Waals surface area contributed by atoms with E-state index in [-0.39, 0.29) is 0 Å². The van der Waals surface area contributed by atoms with Crippen LogP contribution in [-0.4, -0.2) is 64.5 Å². The van der Waals surface area contributed by atoms with Crippen LogP contribution >= 0.6 is 11.6 Å². The lowest BCUT2D eigenvalue weighted by Crippen LogP contribution is -2.44. The summed E-state index contributed by atoms with van der Waals surface area (Å²) in [6.45, 7) is 7.95. The highest BCUT2D eigenvalue weighted by atomic mass is 35.5. The second-order valence-corrected chi connectivity index (χ2v) is 8.90. The maximum absolute atomic E-state index is 6.18. The molecule has 0 radical (unpaired) electrons. The normalized spacial score (nSPS) is 14.7. The van der Waals surface area contributed by atoms with E-state index < -0.39 is 0 Å². The molecule has 33 heavy (non-hydrogen) atoms. The van der Waals surface area contributed by atoms with E-state index in [0.717, 1.165) is 72.7 Å². The van der Waals surface area contributed by atoms with E-state index in [2.05, 4.69) is 69.2 Å². The van der Waals surface area contributed by atoms with Crippen LogP contribution in [0.2, 0.25) is 5.02 Å². The fraction of sp³-hybridized carbons (Fsp3) is 0.320. The molecule has 1 fully saturated rings. The minimum absolute atomic E-state index is 0.729. The van der Waals surface area contributed by atoms with Crippen molar-refractivity contribution in [1.82, 2.24) is 24.7 Å². The monoisotopic (exact) mass is 461 g/mol. The summed E-state index contributed by atoms with van der Waals surface area (Å²) in [7, 11) is 2.17. The van der Waals surface area contributed by atoms with E-state index in [9.17, 15) is 0 Å². The number of nitrogens with zero attached hydrogens (tertiary/aromatic N) is 7. The van der Waals surface area contributed by atoms with Crippen LogP contribution in [0.1, 0.15) is 12.5 Å². The van der Waals surface area contributed by atoms with Gasteiger partial charge in [0.1, 0.15) is 5.82 Å². The van der Waals surface area contributed by atoms with Crippen LogP contribution in [0.4, 0.5) is 11.5 Å². The van der Waals surface area contributed by atoms with Gasteiger partial charge in [0.05, 0.1) is 0 Å². The molecule has 0 unspecified atom stereocenters. The van der Waals surface area contributed by atoms with Gasteiger partial charge in [0.2, 0.25) is 0 Å². The number of anilines is 2. The van der Waals surface area contributed by atoms with Crippen molar-refractivity contribution in [2.75, 3.05) is 49.6 Å². The van der Waals surface area contributed by atoms with Gasteiger partial charge in [-0.15, -0.1) is 15.3 Å². The van der Waals surface area contributed by atoms with E-state index in [1.807, 2.05) is 34.8 Å². The number of likely N-dealkylation sites (N-methyl/N-ethyl adjacent to an activating group) is 1. The number of fused-ring (bicyclic) bond motifs is 1. The van der Waals surface area contributed by atoms with Crippen LogP contribution in [0.5, 0.6) is 0 Å². The molecule has 5 rings (SSSR count). The lowest BCUT2D eigenvalue weighted by Gasteiger charge is -2.34. The lowest BCUT2D eigenvalue weighted by molar-refractivity contribution is 0.313. The number of hydrogen-bond acceptors (Lipinski definition) is 6. The highest BCUT2D eigenvalue weighted by Gasteiger charge is 2.16. The van der Waals surface area contributed by atoms with Crippen LogP contribution < -0.4 is 9.80 Å². The van der Waals surface area contributed by atoms with Crippen LogP contribution in [0.3, 0.4) is 0 Å². The number of hydrogen-bond donors (Lipinski definition) is 0. The van der Waals surface area contributed by atoms with Crippen molar-refractivity contribution >= 4 is 28.8 Å². The van der Waals surface area contributed by atoms with Crippen molar-refractivity contribution in [1.29, 1.82) is 0 Å². The smallest absolute Gasteiger partial charge is 0.185 e. The van der Waals surface area contributed by atoms with Gasteiger partial charge in [-0.25, -0.2) is 0 Å². The molecule has 2 aromatic carbocycles. The Bertz CT molecular complexity index is 1230. The highest BCUT2D eigenvalue weighted by molar-refractivity contribution is 6.30. The average molecular weight is 462 g/mol. The van der Waals surface area contributed by atoms with Crippen molar-refractivity contribution in [2.45, 2.75) is 13.5 Å². The predicted octanol–water partition coefficient (Wildman–Crippen LogP) is 4.22. The van der Waals surface area contributed by atoms with E-state index in [0.29, 0.717) is 0 Å². The summed E-state index contributed by atoms with van der Waals surface area (Å²) in [5.41, 5.74) is 4.13. The molecule has 7 nitrogen and oxygen atoms in total.